The van der Waals surface area contributed by atoms with Gasteiger partial charge in [-0.2, -0.15) is 0 Å². The highest BCUT2D eigenvalue weighted by molar-refractivity contribution is 8.00. The second kappa shape index (κ2) is 16.5. The number of amides is 3. The van der Waals surface area contributed by atoms with Crippen molar-refractivity contribution >= 4 is 35.5 Å². The first-order valence-corrected chi connectivity index (χ1v) is 17.0. The summed E-state index contributed by atoms with van der Waals surface area (Å²) in [5.41, 5.74) is 12.6. The maximum Gasteiger partial charge on any atom is 0.321 e. The lowest BCUT2D eigenvalue weighted by Crippen LogP contribution is -2.46. The summed E-state index contributed by atoms with van der Waals surface area (Å²) in [4.78, 5) is 54.6. The van der Waals surface area contributed by atoms with E-state index in [0.29, 0.717) is 24.6 Å². The van der Waals surface area contributed by atoms with Gasteiger partial charge in [-0.05, 0) is 42.1 Å². The van der Waals surface area contributed by atoms with Gasteiger partial charge >= 0.3 is 5.97 Å². The number of carboxylic acid groups (broad SMARTS) is 1. The normalized spacial score (nSPS) is 16.9. The van der Waals surface area contributed by atoms with E-state index in [-0.39, 0.29) is 43.3 Å². The number of hydrogen-bond acceptors (Lipinski definition) is 9. The van der Waals surface area contributed by atoms with E-state index in [1.165, 1.54) is 0 Å². The molecule has 4 rings (SSSR count). The zero-order valence-electron chi connectivity index (χ0n) is 27.7. The van der Waals surface area contributed by atoms with Gasteiger partial charge in [0.1, 0.15) is 23.5 Å². The van der Waals surface area contributed by atoms with Gasteiger partial charge in [0.15, 0.2) is 0 Å². The minimum Gasteiger partial charge on any atom is -0.480 e. The molecular weight excluding hydrogens is 656 g/mol. The maximum atomic E-state index is 14.8. The summed E-state index contributed by atoms with van der Waals surface area (Å²) in [6, 6.07) is 10.5. The molecule has 264 valence electrons. The Hall–Kier alpha value is -4.18. The van der Waals surface area contributed by atoms with Crippen LogP contribution in [-0.4, -0.2) is 86.0 Å². The van der Waals surface area contributed by atoms with Crippen molar-refractivity contribution < 1.29 is 33.1 Å². The molecule has 0 aliphatic carbocycles. The van der Waals surface area contributed by atoms with E-state index in [2.05, 4.69) is 10.6 Å². The van der Waals surface area contributed by atoms with Crippen molar-refractivity contribution in [2.24, 2.45) is 16.9 Å². The van der Waals surface area contributed by atoms with Gasteiger partial charge in [-0.15, -0.1) is 11.8 Å². The van der Waals surface area contributed by atoms with Gasteiger partial charge in [0.2, 0.25) is 17.7 Å². The molecule has 49 heavy (non-hydrogen) atoms. The monoisotopic (exact) mass is 699 g/mol. The first kappa shape index (κ1) is 37.6. The molecule has 2 heterocycles. The number of likely N-dealkylation sites (tertiary alicyclic amines) is 1. The fraction of sp³-hybridized carbons (Fsp3) is 0.441. The van der Waals surface area contributed by atoms with Gasteiger partial charge in [-0.3, -0.25) is 24.1 Å². The third kappa shape index (κ3) is 9.94. The molecule has 15 heteroatoms. The maximum absolute atomic E-state index is 14.8. The number of carboxylic acids is 1. The molecule has 1 unspecified atom stereocenters. The Bertz CT molecular complexity index is 1650. The van der Waals surface area contributed by atoms with Gasteiger partial charge < -0.3 is 31.8 Å². The lowest BCUT2D eigenvalue weighted by Gasteiger charge is -2.32. The minimum atomic E-state index is -1.19. The summed E-state index contributed by atoms with van der Waals surface area (Å²) in [7, 11) is 0. The summed E-state index contributed by atoms with van der Waals surface area (Å²) < 4.78 is 30.8. The number of aromatic nitrogens is 2. The van der Waals surface area contributed by atoms with E-state index in [9.17, 15) is 28.0 Å². The number of imidazole rings is 1. The van der Waals surface area contributed by atoms with Crippen LogP contribution in [0.5, 0.6) is 0 Å². The molecule has 1 aliphatic heterocycles. The highest BCUT2D eigenvalue weighted by atomic mass is 32.2. The van der Waals surface area contributed by atoms with Crippen molar-refractivity contribution in [3.05, 3.63) is 77.8 Å². The van der Waals surface area contributed by atoms with Crippen LogP contribution in [0, 0.1) is 17.0 Å². The number of benzene rings is 2. The van der Waals surface area contributed by atoms with Crippen LogP contribution in [0.2, 0.25) is 0 Å². The fourth-order valence-corrected chi connectivity index (χ4v) is 6.53. The number of aliphatic carboxylic acids is 1. The molecule has 0 spiro atoms. The van der Waals surface area contributed by atoms with Crippen LogP contribution < -0.4 is 22.1 Å². The molecule has 0 bridgehead atoms. The summed E-state index contributed by atoms with van der Waals surface area (Å²) >= 11 is 1.02. The van der Waals surface area contributed by atoms with E-state index in [1.54, 1.807) is 6.20 Å². The average Bonchev–Trinajstić information content (AvgIpc) is 3.57. The predicted molar refractivity (Wildman–Crippen MR) is 182 cm³/mol. The van der Waals surface area contributed by atoms with Crippen LogP contribution >= 0.6 is 11.8 Å². The van der Waals surface area contributed by atoms with Gasteiger partial charge in [-0.25, -0.2) is 13.8 Å². The highest BCUT2D eigenvalue weighted by Crippen LogP contribution is 2.35. The quantitative estimate of drug-likeness (QED) is 0.139. The number of imide groups is 1. The Morgan fingerprint density at radius 3 is 2.47 bits per heavy atom. The molecule has 0 saturated carbocycles. The third-order valence-corrected chi connectivity index (χ3v) is 9.43. The topological polar surface area (TPSA) is 186 Å². The minimum absolute atomic E-state index is 0.00439. The number of halogens is 2. The van der Waals surface area contributed by atoms with E-state index in [4.69, 9.17) is 21.6 Å². The van der Waals surface area contributed by atoms with Crippen molar-refractivity contribution in [2.45, 2.75) is 63.5 Å². The summed E-state index contributed by atoms with van der Waals surface area (Å²) in [6.07, 6.45) is 1.89. The Kier molecular flexibility index (Phi) is 12.7. The smallest absolute Gasteiger partial charge is 0.321 e. The number of nitrogens with zero attached hydrogens (tertiary/aromatic N) is 3. The second-order valence-corrected chi connectivity index (χ2v) is 14.3. The summed E-state index contributed by atoms with van der Waals surface area (Å²) in [5.74, 6) is -3.07. The molecule has 12 nitrogen and oxygen atoms in total. The lowest BCUT2D eigenvalue weighted by atomic mass is 9.86. The molecule has 2 aromatic carbocycles. The summed E-state index contributed by atoms with van der Waals surface area (Å²) in [6.45, 7) is 6.78. The standard InChI is InChI=1S/C34H43F2N7O5S/c1-34(2,3)29(30-41-26(22-15-21(35)9-10-23(22)36)18-42(30)17-20-7-5-4-6-8-20)39-12-11-24(37)31(45)40-13-14-43-28(44)16-27(32(43)46)49-19-25(38)33(47)48/h4-10,15,18,24-25,27,29,39H,11-14,16-17,19,37-38H2,1-3H3,(H,40,45)(H,47,48)/t24-,25-,27?,29-/m0/s1. The highest BCUT2D eigenvalue weighted by Gasteiger charge is 2.39. The molecule has 1 aromatic heterocycles. The number of carbonyl (C=O) groups is 4. The molecule has 4 atom stereocenters. The Morgan fingerprint density at radius 1 is 1.08 bits per heavy atom. The van der Waals surface area contributed by atoms with Crippen molar-refractivity contribution in [3.8, 4) is 11.3 Å². The number of nitrogens with one attached hydrogen (secondary N) is 2. The van der Waals surface area contributed by atoms with E-state index >= 15 is 0 Å². The first-order chi connectivity index (χ1) is 23.1. The van der Waals surface area contributed by atoms with Gasteiger partial charge in [0.05, 0.1) is 23.0 Å². The van der Waals surface area contributed by atoms with Crippen LogP contribution in [0.15, 0.2) is 54.7 Å². The zero-order chi connectivity index (χ0) is 35.9. The largest absolute Gasteiger partial charge is 0.480 e. The predicted octanol–water partition coefficient (Wildman–Crippen LogP) is 2.66. The molecule has 1 aliphatic rings. The number of carbonyl (C=O) groups excluding carboxylic acids is 3. The fourth-order valence-electron chi connectivity index (χ4n) is 5.42. The third-order valence-electron chi connectivity index (χ3n) is 8.10. The van der Waals surface area contributed by atoms with Crippen LogP contribution in [0.3, 0.4) is 0 Å². The molecule has 1 saturated heterocycles. The molecule has 3 aromatic rings. The first-order valence-electron chi connectivity index (χ1n) is 15.9. The molecule has 3 amide bonds. The van der Waals surface area contributed by atoms with Crippen molar-refractivity contribution in [1.82, 2.24) is 25.1 Å². The van der Waals surface area contributed by atoms with Gasteiger partial charge in [-0.1, -0.05) is 51.1 Å². The van der Waals surface area contributed by atoms with Crippen LogP contribution in [-0.2, 0) is 25.7 Å². The van der Waals surface area contributed by atoms with E-state index < -0.39 is 58.1 Å². The van der Waals surface area contributed by atoms with Crippen molar-refractivity contribution in [3.63, 3.8) is 0 Å². The Balaban J connectivity index is 1.37. The SMILES string of the molecule is CC(C)(C)[C@@H](NCC[C@H](N)C(=O)NCCN1C(=O)CC(SC[C@H](N)C(=O)O)C1=O)c1nc(-c2cc(F)ccc2F)cn1Cc1ccccc1. The molecular formula is C34H43F2N7O5S. The van der Waals surface area contributed by atoms with E-state index in [0.717, 1.165) is 40.4 Å². The zero-order valence-corrected chi connectivity index (χ0v) is 28.5. The lowest BCUT2D eigenvalue weighted by molar-refractivity contribution is -0.139. The van der Waals surface area contributed by atoms with Crippen LogP contribution in [0.4, 0.5) is 8.78 Å². The second-order valence-electron chi connectivity index (χ2n) is 13.0. The number of nitrogens with two attached hydrogens (primary N) is 2. The average molecular weight is 700 g/mol. The van der Waals surface area contributed by atoms with Gasteiger partial charge in [0.25, 0.3) is 0 Å². The van der Waals surface area contributed by atoms with Crippen molar-refractivity contribution in [1.29, 1.82) is 0 Å². The Morgan fingerprint density at radius 2 is 1.80 bits per heavy atom. The summed E-state index contributed by atoms with van der Waals surface area (Å²) in [5, 5.41) is 14.4. The number of hydrogen-bond donors (Lipinski definition) is 5. The van der Waals surface area contributed by atoms with E-state index in [1.807, 2.05) is 55.7 Å². The van der Waals surface area contributed by atoms with Crippen LogP contribution in [0.1, 0.15) is 51.0 Å². The molecule has 7 N–H and O–H groups in total. The number of thioether (sulfide) groups is 1. The van der Waals surface area contributed by atoms with Crippen molar-refractivity contribution in [2.75, 3.05) is 25.4 Å². The number of rotatable bonds is 16. The molecule has 1 fully saturated rings. The molecule has 0 radical (unpaired) electrons. The van der Waals surface area contributed by atoms with Crippen LogP contribution in [0.25, 0.3) is 11.3 Å². The van der Waals surface area contributed by atoms with Gasteiger partial charge in [0, 0.05) is 43.6 Å². The Labute approximate surface area is 288 Å².